The Labute approximate surface area is 168 Å². The van der Waals surface area contributed by atoms with Crippen molar-refractivity contribution in [3.05, 3.63) is 108 Å². The Hall–Kier alpha value is -2.46. The molecule has 0 bridgehead atoms. The highest BCUT2D eigenvalue weighted by Crippen LogP contribution is 2.37. The Balaban J connectivity index is 2.19. The van der Waals surface area contributed by atoms with Gasteiger partial charge in [-0.2, -0.15) is 0 Å². The standard InChI is InChI=1S/C25H30N2O/c1-3-27(2)19-24(20-28)26-25(21-13-7-4-8-14-21,22-15-9-5-10-16-22)23-17-11-6-12-18-23/h4-18,24,26,28H,3,19-20H2,1-2H3/t24-/m0/s1. The molecule has 0 aliphatic carbocycles. The highest BCUT2D eigenvalue weighted by molar-refractivity contribution is 5.49. The molecule has 3 aromatic carbocycles. The summed E-state index contributed by atoms with van der Waals surface area (Å²) in [5.74, 6) is 0. The third-order valence-electron chi connectivity index (χ3n) is 5.33. The molecule has 0 saturated heterocycles. The fraction of sp³-hybridized carbons (Fsp3) is 0.280. The van der Waals surface area contributed by atoms with Crippen molar-refractivity contribution < 1.29 is 5.11 Å². The van der Waals surface area contributed by atoms with Gasteiger partial charge in [0.2, 0.25) is 0 Å². The van der Waals surface area contributed by atoms with Crippen molar-refractivity contribution in [1.29, 1.82) is 0 Å². The van der Waals surface area contributed by atoms with E-state index in [4.69, 9.17) is 0 Å². The number of aliphatic hydroxyl groups is 1. The number of nitrogens with zero attached hydrogens (tertiary/aromatic N) is 1. The van der Waals surface area contributed by atoms with Crippen LogP contribution >= 0.6 is 0 Å². The van der Waals surface area contributed by atoms with Crippen LogP contribution in [0.5, 0.6) is 0 Å². The van der Waals surface area contributed by atoms with E-state index in [-0.39, 0.29) is 12.6 Å². The van der Waals surface area contributed by atoms with Gasteiger partial charge < -0.3 is 10.0 Å². The first-order valence-corrected chi connectivity index (χ1v) is 9.94. The zero-order valence-corrected chi connectivity index (χ0v) is 16.8. The van der Waals surface area contributed by atoms with E-state index in [0.717, 1.165) is 29.8 Å². The lowest BCUT2D eigenvalue weighted by Gasteiger charge is -2.40. The lowest BCUT2D eigenvalue weighted by molar-refractivity contribution is 0.184. The van der Waals surface area contributed by atoms with Gasteiger partial charge in [-0.15, -0.1) is 0 Å². The van der Waals surface area contributed by atoms with Crippen LogP contribution in [0.1, 0.15) is 23.6 Å². The maximum atomic E-state index is 10.2. The van der Waals surface area contributed by atoms with Gasteiger partial charge in [-0.1, -0.05) is 97.9 Å². The summed E-state index contributed by atoms with van der Waals surface area (Å²) in [6, 6.07) is 31.4. The monoisotopic (exact) mass is 374 g/mol. The zero-order valence-electron chi connectivity index (χ0n) is 16.8. The van der Waals surface area contributed by atoms with E-state index in [9.17, 15) is 5.11 Å². The number of hydrogen-bond donors (Lipinski definition) is 2. The first-order chi connectivity index (χ1) is 13.7. The van der Waals surface area contributed by atoms with Crippen molar-refractivity contribution in [2.75, 3.05) is 26.7 Å². The van der Waals surface area contributed by atoms with Crippen molar-refractivity contribution in [2.24, 2.45) is 0 Å². The molecule has 0 spiro atoms. The Morgan fingerprint density at radius 1 is 0.786 bits per heavy atom. The molecule has 0 fully saturated rings. The molecular formula is C25H30N2O. The first kappa shape index (κ1) is 20.3. The predicted molar refractivity (Wildman–Crippen MR) is 116 cm³/mol. The number of benzene rings is 3. The molecule has 0 unspecified atom stereocenters. The van der Waals surface area contributed by atoms with Crippen molar-refractivity contribution in [3.8, 4) is 0 Å². The lowest BCUT2D eigenvalue weighted by Crippen LogP contribution is -2.54. The van der Waals surface area contributed by atoms with Crippen molar-refractivity contribution >= 4 is 0 Å². The summed E-state index contributed by atoms with van der Waals surface area (Å²) in [5.41, 5.74) is 2.92. The van der Waals surface area contributed by atoms with Gasteiger partial charge in [0.05, 0.1) is 12.1 Å². The number of hydrogen-bond acceptors (Lipinski definition) is 3. The third-order valence-corrected chi connectivity index (χ3v) is 5.33. The molecule has 3 nitrogen and oxygen atoms in total. The van der Waals surface area contributed by atoms with Crippen LogP contribution in [0.15, 0.2) is 91.0 Å². The summed E-state index contributed by atoms with van der Waals surface area (Å²) in [6.07, 6.45) is 0. The minimum Gasteiger partial charge on any atom is -0.395 e. The van der Waals surface area contributed by atoms with Gasteiger partial charge in [0.1, 0.15) is 0 Å². The predicted octanol–water partition coefficient (Wildman–Crippen LogP) is 3.88. The number of aliphatic hydroxyl groups excluding tert-OH is 1. The maximum absolute atomic E-state index is 10.2. The molecule has 0 aliphatic heterocycles. The quantitative estimate of drug-likeness (QED) is 0.558. The van der Waals surface area contributed by atoms with E-state index in [1.807, 2.05) is 18.2 Å². The Morgan fingerprint density at radius 3 is 1.50 bits per heavy atom. The average Bonchev–Trinajstić information content (AvgIpc) is 2.78. The van der Waals surface area contributed by atoms with Crippen LogP contribution < -0.4 is 5.32 Å². The Morgan fingerprint density at radius 2 is 1.18 bits per heavy atom. The van der Waals surface area contributed by atoms with E-state index in [1.54, 1.807) is 0 Å². The van der Waals surface area contributed by atoms with E-state index in [1.165, 1.54) is 0 Å². The van der Waals surface area contributed by atoms with Gasteiger partial charge in [0, 0.05) is 12.6 Å². The van der Waals surface area contributed by atoms with Crippen molar-refractivity contribution in [2.45, 2.75) is 18.5 Å². The van der Waals surface area contributed by atoms with E-state index < -0.39 is 5.54 Å². The van der Waals surface area contributed by atoms with E-state index in [2.05, 4.69) is 97.0 Å². The molecular weight excluding hydrogens is 344 g/mol. The minimum atomic E-state index is -0.550. The lowest BCUT2D eigenvalue weighted by atomic mass is 9.76. The Kier molecular flexibility index (Phi) is 6.99. The fourth-order valence-corrected chi connectivity index (χ4v) is 3.77. The van der Waals surface area contributed by atoms with Gasteiger partial charge in [-0.25, -0.2) is 0 Å². The molecule has 0 aromatic heterocycles. The average molecular weight is 375 g/mol. The van der Waals surface area contributed by atoms with Crippen LogP contribution in [0, 0.1) is 0 Å². The fourth-order valence-electron chi connectivity index (χ4n) is 3.77. The molecule has 0 saturated carbocycles. The molecule has 0 amide bonds. The molecule has 3 rings (SSSR count). The topological polar surface area (TPSA) is 35.5 Å². The van der Waals surface area contributed by atoms with E-state index in [0.29, 0.717) is 0 Å². The molecule has 146 valence electrons. The van der Waals surface area contributed by atoms with Gasteiger partial charge in [-0.3, -0.25) is 5.32 Å². The highest BCUT2D eigenvalue weighted by Gasteiger charge is 2.38. The molecule has 3 aromatic rings. The van der Waals surface area contributed by atoms with Crippen LogP contribution in [-0.4, -0.2) is 42.8 Å². The molecule has 0 aliphatic rings. The van der Waals surface area contributed by atoms with Gasteiger partial charge in [0.25, 0.3) is 0 Å². The summed E-state index contributed by atoms with van der Waals surface area (Å²) in [7, 11) is 2.08. The van der Waals surface area contributed by atoms with Crippen molar-refractivity contribution in [3.63, 3.8) is 0 Å². The number of rotatable bonds is 9. The largest absolute Gasteiger partial charge is 0.395 e. The summed E-state index contributed by atoms with van der Waals surface area (Å²) >= 11 is 0. The van der Waals surface area contributed by atoms with Gasteiger partial charge >= 0.3 is 0 Å². The molecule has 1 atom stereocenters. The SMILES string of the molecule is CCN(C)C[C@@H](CO)NC(c1ccccc1)(c1ccccc1)c1ccccc1. The number of nitrogens with one attached hydrogen (secondary N) is 1. The minimum absolute atomic E-state index is 0.0680. The van der Waals surface area contributed by atoms with Crippen molar-refractivity contribution in [1.82, 2.24) is 10.2 Å². The summed E-state index contributed by atoms with van der Waals surface area (Å²) in [6.45, 7) is 3.90. The van der Waals surface area contributed by atoms with Crippen LogP contribution in [-0.2, 0) is 5.54 Å². The summed E-state index contributed by atoms with van der Waals surface area (Å²) in [5, 5.41) is 14.0. The second-order valence-electron chi connectivity index (χ2n) is 7.23. The Bertz CT molecular complexity index is 724. The molecule has 28 heavy (non-hydrogen) atoms. The second kappa shape index (κ2) is 9.65. The van der Waals surface area contributed by atoms with Crippen LogP contribution in [0.25, 0.3) is 0 Å². The highest BCUT2D eigenvalue weighted by atomic mass is 16.3. The normalized spacial score (nSPS) is 12.9. The molecule has 2 N–H and O–H groups in total. The molecule has 3 heteroatoms. The zero-order chi connectivity index (χ0) is 19.8. The third kappa shape index (κ3) is 4.33. The second-order valence-corrected chi connectivity index (χ2v) is 7.23. The summed E-state index contributed by atoms with van der Waals surface area (Å²) in [4.78, 5) is 2.22. The first-order valence-electron chi connectivity index (χ1n) is 9.94. The van der Waals surface area contributed by atoms with Gasteiger partial charge in [0.15, 0.2) is 0 Å². The van der Waals surface area contributed by atoms with Crippen LogP contribution in [0.4, 0.5) is 0 Å². The van der Waals surface area contributed by atoms with Gasteiger partial charge in [-0.05, 0) is 30.3 Å². The number of likely N-dealkylation sites (N-methyl/N-ethyl adjacent to an activating group) is 1. The summed E-state index contributed by atoms with van der Waals surface area (Å²) < 4.78 is 0. The maximum Gasteiger partial charge on any atom is 0.0951 e. The molecule has 0 heterocycles. The molecule has 0 radical (unpaired) electrons. The smallest absolute Gasteiger partial charge is 0.0951 e. The van der Waals surface area contributed by atoms with Crippen LogP contribution in [0.2, 0.25) is 0 Å². The van der Waals surface area contributed by atoms with E-state index >= 15 is 0 Å². The van der Waals surface area contributed by atoms with Crippen LogP contribution in [0.3, 0.4) is 0 Å².